The van der Waals surface area contributed by atoms with Gasteiger partial charge in [0.25, 0.3) is 0 Å². The molecule has 4 rings (SSSR count). The van der Waals surface area contributed by atoms with Crippen molar-refractivity contribution in [2.75, 3.05) is 25.0 Å². The Balaban J connectivity index is 1.71. The summed E-state index contributed by atoms with van der Waals surface area (Å²) in [7, 11) is 0. The van der Waals surface area contributed by atoms with Gasteiger partial charge in [-0.25, -0.2) is 23.5 Å². The van der Waals surface area contributed by atoms with Crippen molar-refractivity contribution in [2.24, 2.45) is 5.73 Å². The highest BCUT2D eigenvalue weighted by Gasteiger charge is 2.24. The molecule has 0 saturated carbocycles. The van der Waals surface area contributed by atoms with Crippen LogP contribution in [0.1, 0.15) is 18.0 Å². The van der Waals surface area contributed by atoms with E-state index in [1.807, 2.05) is 0 Å². The van der Waals surface area contributed by atoms with Crippen LogP contribution in [0, 0.1) is 11.6 Å². The molecule has 0 aliphatic carbocycles. The summed E-state index contributed by atoms with van der Waals surface area (Å²) >= 11 is 0. The second kappa shape index (κ2) is 7.96. The predicted octanol–water partition coefficient (Wildman–Crippen LogP) is 3.22. The number of nitrogens with one attached hydrogen (secondary N) is 1. The van der Waals surface area contributed by atoms with Crippen LogP contribution in [-0.4, -0.2) is 40.6 Å². The number of carbonyl (C=O) groups excluding carboxylic acids is 1. The number of hydrogen-bond acceptors (Lipinski definition) is 6. The lowest BCUT2D eigenvalue weighted by atomic mass is 10.0. The van der Waals surface area contributed by atoms with Crippen LogP contribution in [0.4, 0.5) is 19.4 Å². The Hall–Kier alpha value is -3.33. The van der Waals surface area contributed by atoms with Gasteiger partial charge in [-0.15, -0.1) is 0 Å². The van der Waals surface area contributed by atoms with E-state index >= 15 is 0 Å². The van der Waals surface area contributed by atoms with E-state index < -0.39 is 23.8 Å². The molecule has 1 aromatic heterocycles. The number of benzene rings is 2. The van der Waals surface area contributed by atoms with Crippen LogP contribution in [0.3, 0.4) is 0 Å². The molecule has 0 radical (unpaired) electrons. The van der Waals surface area contributed by atoms with Crippen molar-refractivity contribution >= 4 is 22.8 Å². The number of para-hydroxylation sites is 1. The van der Waals surface area contributed by atoms with Crippen LogP contribution in [0.25, 0.3) is 10.9 Å². The van der Waals surface area contributed by atoms with Crippen molar-refractivity contribution in [2.45, 2.75) is 12.5 Å². The number of nitrogens with two attached hydrogens (primary N) is 1. The normalized spacial score (nSPS) is 15.0. The van der Waals surface area contributed by atoms with Crippen molar-refractivity contribution in [3.8, 4) is 5.75 Å². The number of anilines is 1. The third-order valence-corrected chi connectivity index (χ3v) is 4.88. The molecule has 2 aromatic carbocycles. The first-order chi connectivity index (χ1) is 14.0. The van der Waals surface area contributed by atoms with E-state index in [9.17, 15) is 13.6 Å². The lowest BCUT2D eigenvalue weighted by Crippen LogP contribution is -2.41. The molecule has 3 N–H and O–H groups in total. The van der Waals surface area contributed by atoms with E-state index in [4.69, 9.17) is 10.5 Å². The second-order valence-electron chi connectivity index (χ2n) is 6.81. The molecule has 1 saturated heterocycles. The number of primary amides is 1. The Labute approximate surface area is 165 Å². The van der Waals surface area contributed by atoms with Crippen molar-refractivity contribution in [1.82, 2.24) is 14.9 Å². The Morgan fingerprint density at radius 3 is 2.76 bits per heavy atom. The minimum absolute atomic E-state index is 0.202. The topological polar surface area (TPSA) is 93.4 Å². The van der Waals surface area contributed by atoms with Gasteiger partial charge in [-0.1, -0.05) is 12.1 Å². The average Bonchev–Trinajstić information content (AvgIpc) is 2.64. The summed E-state index contributed by atoms with van der Waals surface area (Å²) in [4.78, 5) is 21.8. The summed E-state index contributed by atoms with van der Waals surface area (Å²) in [6.07, 6.45) is 1.46. The number of aromatic nitrogens is 2. The molecule has 29 heavy (non-hydrogen) atoms. The van der Waals surface area contributed by atoms with E-state index in [1.54, 1.807) is 18.2 Å². The average molecular weight is 399 g/mol. The highest BCUT2D eigenvalue weighted by atomic mass is 19.1. The molecule has 150 valence electrons. The molecule has 0 spiro atoms. The van der Waals surface area contributed by atoms with Crippen molar-refractivity contribution in [3.05, 3.63) is 59.9 Å². The molecule has 0 unspecified atom stereocenters. The number of likely N-dealkylation sites (tertiary alicyclic amines) is 1. The molecule has 1 aliphatic heterocycles. The van der Waals surface area contributed by atoms with Gasteiger partial charge in [-0.3, -0.25) is 0 Å². The number of fused-ring (bicyclic) bond motifs is 1. The minimum Gasteiger partial charge on any atom is -0.408 e. The Morgan fingerprint density at radius 2 is 2.07 bits per heavy atom. The number of carbonyl (C=O) groups is 1. The molecule has 0 bridgehead atoms. The highest BCUT2D eigenvalue weighted by molar-refractivity contribution is 5.94. The lowest BCUT2D eigenvalue weighted by Gasteiger charge is -2.35. The molecule has 1 amide bonds. The molecular formula is C20H19F2N5O2. The highest BCUT2D eigenvalue weighted by Crippen LogP contribution is 2.31. The molecule has 1 atom stereocenters. The number of nitrogens with zero attached hydrogens (tertiary/aromatic N) is 3. The minimum atomic E-state index is -0.949. The van der Waals surface area contributed by atoms with E-state index in [0.29, 0.717) is 28.8 Å². The summed E-state index contributed by atoms with van der Waals surface area (Å²) in [5, 5.41) is 3.84. The maximum Gasteiger partial charge on any atom is 0.410 e. The van der Waals surface area contributed by atoms with Crippen molar-refractivity contribution in [3.63, 3.8) is 0 Å². The number of halogens is 2. The van der Waals surface area contributed by atoms with Gasteiger partial charge in [0.15, 0.2) is 5.75 Å². The fraction of sp³-hybridized carbons (Fsp3) is 0.250. The second-order valence-corrected chi connectivity index (χ2v) is 6.81. The Morgan fingerprint density at radius 1 is 1.24 bits per heavy atom. The molecule has 1 fully saturated rings. The maximum absolute atomic E-state index is 14.5. The number of hydrogen-bond donors (Lipinski definition) is 2. The van der Waals surface area contributed by atoms with Crippen LogP contribution >= 0.6 is 0 Å². The van der Waals surface area contributed by atoms with Gasteiger partial charge >= 0.3 is 6.09 Å². The standard InChI is InChI=1S/C20H19F2N5O2/c21-12-5-6-13(15(22)9-12)16(10-27-7-2-8-27)26-19-14-3-1-4-17(29-20(23)28)18(14)24-11-25-19/h1,3-6,9,11,16H,2,7-8,10H2,(H2,23,28)(H,24,25,26)/t16-/m1/s1. The zero-order chi connectivity index (χ0) is 20.4. The van der Waals surface area contributed by atoms with Gasteiger partial charge < -0.3 is 20.7 Å². The predicted molar refractivity (Wildman–Crippen MR) is 104 cm³/mol. The van der Waals surface area contributed by atoms with E-state index in [-0.39, 0.29) is 5.75 Å². The Kier molecular flexibility index (Phi) is 5.22. The fourth-order valence-corrected chi connectivity index (χ4v) is 3.36. The van der Waals surface area contributed by atoms with Crippen LogP contribution in [0.2, 0.25) is 0 Å². The zero-order valence-electron chi connectivity index (χ0n) is 15.4. The molecule has 9 heteroatoms. The molecule has 3 aromatic rings. The molecule has 7 nitrogen and oxygen atoms in total. The smallest absolute Gasteiger partial charge is 0.408 e. The van der Waals surface area contributed by atoms with Gasteiger partial charge in [0.1, 0.15) is 29.3 Å². The van der Waals surface area contributed by atoms with E-state index in [2.05, 4.69) is 20.2 Å². The summed E-state index contributed by atoms with van der Waals surface area (Å²) < 4.78 is 32.9. The first-order valence-electron chi connectivity index (χ1n) is 9.16. The van der Waals surface area contributed by atoms with Gasteiger partial charge in [0, 0.05) is 23.6 Å². The van der Waals surface area contributed by atoms with Crippen LogP contribution < -0.4 is 15.8 Å². The van der Waals surface area contributed by atoms with Gasteiger partial charge in [-0.2, -0.15) is 0 Å². The van der Waals surface area contributed by atoms with Crippen molar-refractivity contribution in [1.29, 1.82) is 0 Å². The van der Waals surface area contributed by atoms with Crippen LogP contribution in [0.5, 0.6) is 5.75 Å². The largest absolute Gasteiger partial charge is 0.410 e. The molecule has 1 aliphatic rings. The number of amides is 1. The third kappa shape index (κ3) is 4.09. The van der Waals surface area contributed by atoms with Gasteiger partial charge in [-0.05, 0) is 37.7 Å². The summed E-state index contributed by atoms with van der Waals surface area (Å²) in [5.74, 6) is -0.610. The van der Waals surface area contributed by atoms with Crippen molar-refractivity contribution < 1.29 is 18.3 Å². The molecular weight excluding hydrogens is 380 g/mol. The summed E-state index contributed by atoms with van der Waals surface area (Å²) in [5.41, 5.74) is 5.85. The Bertz CT molecular complexity index is 1060. The first-order valence-corrected chi connectivity index (χ1v) is 9.16. The van der Waals surface area contributed by atoms with Crippen LogP contribution in [-0.2, 0) is 0 Å². The number of rotatable bonds is 6. The molecule has 2 heterocycles. The lowest BCUT2D eigenvalue weighted by molar-refractivity contribution is 0.173. The third-order valence-electron chi connectivity index (χ3n) is 4.88. The first kappa shape index (κ1) is 19.0. The summed E-state index contributed by atoms with van der Waals surface area (Å²) in [6.45, 7) is 2.37. The van der Waals surface area contributed by atoms with Gasteiger partial charge in [0.05, 0.1) is 6.04 Å². The fourth-order valence-electron chi connectivity index (χ4n) is 3.36. The monoisotopic (exact) mass is 399 g/mol. The summed E-state index contributed by atoms with van der Waals surface area (Å²) in [6, 6.07) is 8.09. The maximum atomic E-state index is 14.5. The zero-order valence-corrected chi connectivity index (χ0v) is 15.4. The SMILES string of the molecule is NC(=O)Oc1cccc2c(N[C@H](CN3CCC3)c3ccc(F)cc3F)ncnc12. The number of ether oxygens (including phenoxy) is 1. The van der Waals surface area contributed by atoms with E-state index in [0.717, 1.165) is 25.6 Å². The quantitative estimate of drug-likeness (QED) is 0.661. The van der Waals surface area contributed by atoms with Gasteiger partial charge in [0.2, 0.25) is 0 Å². The van der Waals surface area contributed by atoms with Crippen LogP contribution in [0.15, 0.2) is 42.7 Å². The van der Waals surface area contributed by atoms with E-state index in [1.165, 1.54) is 18.5 Å².